The molecule has 0 saturated carbocycles. The van der Waals surface area contributed by atoms with E-state index in [1.54, 1.807) is 19.1 Å². The van der Waals surface area contributed by atoms with E-state index in [1.165, 1.54) is 12.1 Å². The van der Waals surface area contributed by atoms with Gasteiger partial charge in [-0.3, -0.25) is 0 Å². The number of ether oxygens (including phenoxy) is 2. The van der Waals surface area contributed by atoms with Crippen molar-refractivity contribution in [3.05, 3.63) is 75.1 Å². The number of hydrogen-bond donors (Lipinski definition) is 1. The van der Waals surface area contributed by atoms with Gasteiger partial charge in [-0.15, -0.1) is 0 Å². The number of esters is 1. The van der Waals surface area contributed by atoms with Crippen LogP contribution in [0.3, 0.4) is 0 Å². The third-order valence-corrected chi connectivity index (χ3v) is 6.45. The van der Waals surface area contributed by atoms with E-state index in [9.17, 15) is 9.18 Å². The number of benzene rings is 3. The Morgan fingerprint density at radius 3 is 2.77 bits per heavy atom. The number of hydrogen-bond acceptors (Lipinski definition) is 3. The second-order valence-electron chi connectivity index (χ2n) is 7.06. The Bertz CT molecular complexity index is 1270. The summed E-state index contributed by atoms with van der Waals surface area (Å²) in [4.78, 5) is 15.7. The number of H-pyrrole nitrogens is 1. The number of nitrogens with one attached hydrogen (secondary N) is 1. The van der Waals surface area contributed by atoms with Crippen LogP contribution in [0.25, 0.3) is 21.7 Å². The van der Waals surface area contributed by atoms with E-state index in [1.807, 2.05) is 24.3 Å². The highest BCUT2D eigenvalue weighted by molar-refractivity contribution is 9.10. The lowest BCUT2D eigenvalue weighted by Gasteiger charge is -2.10. The summed E-state index contributed by atoms with van der Waals surface area (Å²) in [7, 11) is 0. The zero-order chi connectivity index (χ0) is 22.0. The summed E-state index contributed by atoms with van der Waals surface area (Å²) in [5, 5.41) is 3.13. The lowest BCUT2D eigenvalue weighted by atomic mass is 10.1. The van der Waals surface area contributed by atoms with Crippen LogP contribution in [0, 0.1) is 5.82 Å². The van der Waals surface area contributed by atoms with Gasteiger partial charge in [-0.2, -0.15) is 0 Å². The molecule has 31 heavy (non-hydrogen) atoms. The molecule has 1 aromatic heterocycles. The Hall–Kier alpha value is -2.57. The van der Waals surface area contributed by atoms with Gasteiger partial charge in [0.05, 0.1) is 28.2 Å². The van der Waals surface area contributed by atoms with Gasteiger partial charge >= 0.3 is 5.97 Å². The number of aromatic amines is 1. The maximum atomic E-state index is 13.5. The lowest BCUT2D eigenvalue weighted by Crippen LogP contribution is -2.09. The normalized spacial score (nSPS) is 11.2. The number of halogens is 3. The average molecular weight is 505 g/mol. The van der Waals surface area contributed by atoms with Crippen LogP contribution in [0.1, 0.15) is 29.4 Å². The number of carbonyl (C=O) groups excluding carboxylic acids is 1. The van der Waals surface area contributed by atoms with E-state index >= 15 is 0 Å². The first-order chi connectivity index (χ1) is 15.0. The summed E-state index contributed by atoms with van der Waals surface area (Å²) < 4.78 is 25.4. The SMILES string of the molecule is CCOC(=O)c1[nH]c2c(Br)c(Cl)ccc2c1CCCOc1cccc2cc(F)ccc12. The van der Waals surface area contributed by atoms with E-state index in [0.29, 0.717) is 47.0 Å². The second kappa shape index (κ2) is 9.28. The number of fused-ring (bicyclic) bond motifs is 2. The molecule has 0 amide bonds. The Kier molecular flexibility index (Phi) is 6.49. The van der Waals surface area contributed by atoms with Gasteiger partial charge in [0.15, 0.2) is 0 Å². The largest absolute Gasteiger partial charge is 0.493 e. The first kappa shape index (κ1) is 21.7. The van der Waals surface area contributed by atoms with Gasteiger partial charge in [0, 0.05) is 10.8 Å². The van der Waals surface area contributed by atoms with Gasteiger partial charge in [-0.05, 0) is 77.0 Å². The van der Waals surface area contributed by atoms with Crippen LogP contribution in [0.2, 0.25) is 5.02 Å². The molecule has 0 atom stereocenters. The molecule has 3 aromatic carbocycles. The molecule has 0 aliphatic heterocycles. The van der Waals surface area contributed by atoms with Crippen LogP contribution < -0.4 is 4.74 Å². The van der Waals surface area contributed by atoms with Crippen LogP contribution in [0.5, 0.6) is 5.75 Å². The minimum absolute atomic E-state index is 0.276. The number of carbonyl (C=O) groups is 1. The van der Waals surface area contributed by atoms with Crippen molar-refractivity contribution in [1.82, 2.24) is 4.98 Å². The topological polar surface area (TPSA) is 51.3 Å². The van der Waals surface area contributed by atoms with E-state index in [4.69, 9.17) is 21.1 Å². The summed E-state index contributed by atoms with van der Waals surface area (Å²) >= 11 is 9.71. The molecule has 0 spiro atoms. The fraction of sp³-hybridized carbons (Fsp3) is 0.208. The minimum atomic E-state index is -0.395. The van der Waals surface area contributed by atoms with Crippen molar-refractivity contribution in [2.24, 2.45) is 0 Å². The molecule has 4 rings (SSSR count). The van der Waals surface area contributed by atoms with E-state index < -0.39 is 5.97 Å². The zero-order valence-corrected chi connectivity index (χ0v) is 19.1. The van der Waals surface area contributed by atoms with E-state index in [-0.39, 0.29) is 5.82 Å². The first-order valence-electron chi connectivity index (χ1n) is 9.96. The molecule has 0 radical (unpaired) electrons. The molecular weight excluding hydrogens is 485 g/mol. The maximum Gasteiger partial charge on any atom is 0.355 e. The molecule has 1 heterocycles. The Morgan fingerprint density at radius 1 is 1.16 bits per heavy atom. The zero-order valence-electron chi connectivity index (χ0n) is 16.8. The molecule has 4 nitrogen and oxygen atoms in total. The molecule has 7 heteroatoms. The average Bonchev–Trinajstić information content (AvgIpc) is 3.13. The smallest absolute Gasteiger partial charge is 0.355 e. The fourth-order valence-corrected chi connectivity index (χ4v) is 4.28. The first-order valence-corrected chi connectivity index (χ1v) is 11.1. The van der Waals surface area contributed by atoms with E-state index in [2.05, 4.69) is 20.9 Å². The van der Waals surface area contributed by atoms with Gasteiger partial charge in [0.2, 0.25) is 0 Å². The Morgan fingerprint density at radius 2 is 1.97 bits per heavy atom. The maximum absolute atomic E-state index is 13.5. The van der Waals surface area contributed by atoms with E-state index in [0.717, 1.165) is 27.2 Å². The molecular formula is C24H20BrClFNO3. The fourth-order valence-electron chi connectivity index (χ4n) is 3.68. The molecule has 0 aliphatic rings. The van der Waals surface area contributed by atoms with Gasteiger partial charge in [-0.25, -0.2) is 9.18 Å². The molecule has 0 bridgehead atoms. The molecule has 0 saturated heterocycles. The molecule has 0 unspecified atom stereocenters. The monoisotopic (exact) mass is 503 g/mol. The molecule has 0 fully saturated rings. The summed E-state index contributed by atoms with van der Waals surface area (Å²) in [6.07, 6.45) is 1.29. The van der Waals surface area contributed by atoms with Crippen LogP contribution in [0.15, 0.2) is 53.0 Å². The highest BCUT2D eigenvalue weighted by atomic mass is 79.9. The Balaban J connectivity index is 1.54. The summed E-state index contributed by atoms with van der Waals surface area (Å²) in [6.45, 7) is 2.51. The molecule has 1 N–H and O–H groups in total. The van der Waals surface area contributed by atoms with Crippen LogP contribution in [-0.4, -0.2) is 24.2 Å². The summed E-state index contributed by atoms with van der Waals surface area (Å²) in [5.41, 5.74) is 2.07. The van der Waals surface area contributed by atoms with Gasteiger partial charge in [-0.1, -0.05) is 29.8 Å². The van der Waals surface area contributed by atoms with Gasteiger partial charge in [0.25, 0.3) is 0 Å². The second-order valence-corrected chi connectivity index (χ2v) is 8.26. The van der Waals surface area contributed by atoms with Crippen molar-refractivity contribution in [2.45, 2.75) is 19.8 Å². The van der Waals surface area contributed by atoms with Crippen molar-refractivity contribution >= 4 is 55.2 Å². The molecule has 4 aromatic rings. The number of aromatic nitrogens is 1. The predicted molar refractivity (Wildman–Crippen MR) is 125 cm³/mol. The third kappa shape index (κ3) is 4.41. The van der Waals surface area contributed by atoms with Crippen LogP contribution in [-0.2, 0) is 11.2 Å². The highest BCUT2D eigenvalue weighted by Gasteiger charge is 2.20. The van der Waals surface area contributed by atoms with Crippen LogP contribution in [0.4, 0.5) is 4.39 Å². The van der Waals surface area contributed by atoms with Crippen molar-refractivity contribution in [3.63, 3.8) is 0 Å². The van der Waals surface area contributed by atoms with Crippen molar-refractivity contribution in [1.29, 1.82) is 0 Å². The van der Waals surface area contributed by atoms with Crippen molar-refractivity contribution in [3.8, 4) is 5.75 Å². The van der Waals surface area contributed by atoms with Gasteiger partial charge in [0.1, 0.15) is 17.3 Å². The van der Waals surface area contributed by atoms with Crippen molar-refractivity contribution in [2.75, 3.05) is 13.2 Å². The van der Waals surface area contributed by atoms with Gasteiger partial charge < -0.3 is 14.5 Å². The quantitative estimate of drug-likeness (QED) is 0.216. The summed E-state index contributed by atoms with van der Waals surface area (Å²) in [6, 6.07) is 13.9. The molecule has 0 aliphatic carbocycles. The molecule has 160 valence electrons. The Labute approximate surface area is 192 Å². The van der Waals surface area contributed by atoms with Crippen molar-refractivity contribution < 1.29 is 18.7 Å². The predicted octanol–water partition coefficient (Wildman–Crippen LogP) is 7.06. The minimum Gasteiger partial charge on any atom is -0.493 e. The number of rotatable bonds is 7. The lowest BCUT2D eigenvalue weighted by molar-refractivity contribution is 0.0519. The van der Waals surface area contributed by atoms with Crippen LogP contribution >= 0.6 is 27.5 Å². The highest BCUT2D eigenvalue weighted by Crippen LogP contribution is 2.35. The number of aryl methyl sites for hydroxylation is 1. The third-order valence-electron chi connectivity index (χ3n) is 5.08. The summed E-state index contributed by atoms with van der Waals surface area (Å²) in [5.74, 6) is 0.0343. The standard InChI is InChI=1S/C24H20BrClFNO3/c1-2-30-24(29)23-17(18-10-11-19(26)21(25)22(18)28-23)6-4-12-31-20-7-3-5-14-13-15(27)8-9-16(14)20/h3,5,7-11,13,28H,2,4,6,12H2,1H3.